The first-order valence-electron chi connectivity index (χ1n) is 9.61. The average Bonchev–Trinajstić information content (AvgIpc) is 3.05. The molecule has 1 aromatic rings. The molecule has 0 bridgehead atoms. The van der Waals surface area contributed by atoms with E-state index in [1.807, 2.05) is 6.20 Å². The van der Waals surface area contributed by atoms with E-state index in [0.717, 1.165) is 51.4 Å². The second-order valence-corrected chi connectivity index (χ2v) is 7.99. The highest BCUT2D eigenvalue weighted by molar-refractivity contribution is 5.48. The van der Waals surface area contributed by atoms with Gasteiger partial charge in [0.15, 0.2) is 0 Å². The normalized spacial score (nSPS) is 25.9. The molecular formula is C19H32N4O2. The first-order valence-corrected chi connectivity index (χ1v) is 9.61. The van der Waals surface area contributed by atoms with Crippen LogP contribution < -0.4 is 4.90 Å². The van der Waals surface area contributed by atoms with Gasteiger partial charge in [0.25, 0.3) is 0 Å². The van der Waals surface area contributed by atoms with Crippen LogP contribution >= 0.6 is 0 Å². The summed E-state index contributed by atoms with van der Waals surface area (Å²) in [6.07, 6.45) is 5.72. The van der Waals surface area contributed by atoms with E-state index in [1.54, 1.807) is 6.33 Å². The molecule has 3 heterocycles. The standard InChI is InChI=1S/C19H32N4O2/c1-14(2)18-7-20-13-21-19(18)23-9-16(17(10-23)12-25)8-22-5-3-15(11-24)4-6-22/h7,13-17,24-25H,3-6,8-12H2,1-2H3/t16-,17-/m1/s1. The first kappa shape index (κ1) is 18.5. The lowest BCUT2D eigenvalue weighted by Gasteiger charge is -2.33. The van der Waals surface area contributed by atoms with Gasteiger partial charge in [-0.1, -0.05) is 13.8 Å². The van der Waals surface area contributed by atoms with Gasteiger partial charge in [-0.05, 0) is 43.7 Å². The van der Waals surface area contributed by atoms with E-state index in [-0.39, 0.29) is 6.61 Å². The van der Waals surface area contributed by atoms with E-state index in [0.29, 0.717) is 30.3 Å². The van der Waals surface area contributed by atoms with Crippen molar-refractivity contribution >= 4 is 5.82 Å². The lowest BCUT2D eigenvalue weighted by atomic mass is 9.93. The van der Waals surface area contributed by atoms with Gasteiger partial charge >= 0.3 is 0 Å². The monoisotopic (exact) mass is 348 g/mol. The third-order valence-electron chi connectivity index (χ3n) is 5.91. The Hall–Kier alpha value is -1.24. The number of aliphatic hydroxyl groups is 2. The van der Waals surface area contributed by atoms with Crippen molar-refractivity contribution in [3.8, 4) is 0 Å². The van der Waals surface area contributed by atoms with Crippen molar-refractivity contribution in [2.75, 3.05) is 50.8 Å². The maximum Gasteiger partial charge on any atom is 0.135 e. The van der Waals surface area contributed by atoms with Gasteiger partial charge in [-0.2, -0.15) is 0 Å². The van der Waals surface area contributed by atoms with Gasteiger partial charge in [-0.15, -0.1) is 0 Å². The number of hydrogen-bond donors (Lipinski definition) is 2. The van der Waals surface area contributed by atoms with Crippen LogP contribution in [0.25, 0.3) is 0 Å². The molecule has 0 amide bonds. The van der Waals surface area contributed by atoms with Crippen molar-refractivity contribution in [1.29, 1.82) is 0 Å². The molecule has 140 valence electrons. The van der Waals surface area contributed by atoms with Crippen molar-refractivity contribution in [2.45, 2.75) is 32.6 Å². The van der Waals surface area contributed by atoms with Crippen LogP contribution in [0.4, 0.5) is 5.82 Å². The van der Waals surface area contributed by atoms with Crippen molar-refractivity contribution in [3.63, 3.8) is 0 Å². The Bertz CT molecular complexity index is 546. The van der Waals surface area contributed by atoms with Gasteiger partial charge in [-0.3, -0.25) is 0 Å². The summed E-state index contributed by atoms with van der Waals surface area (Å²) in [6, 6.07) is 0. The summed E-state index contributed by atoms with van der Waals surface area (Å²) < 4.78 is 0. The molecule has 2 saturated heterocycles. The summed E-state index contributed by atoms with van der Waals surface area (Å²) in [5.41, 5.74) is 1.18. The van der Waals surface area contributed by atoms with Crippen LogP contribution in [0.1, 0.15) is 38.2 Å². The number of nitrogens with zero attached hydrogens (tertiary/aromatic N) is 4. The average molecular weight is 348 g/mol. The zero-order valence-corrected chi connectivity index (χ0v) is 15.5. The van der Waals surface area contributed by atoms with E-state index < -0.39 is 0 Å². The highest BCUT2D eigenvalue weighted by atomic mass is 16.3. The Labute approximate surface area is 150 Å². The Morgan fingerprint density at radius 2 is 1.84 bits per heavy atom. The molecule has 0 aliphatic carbocycles. The second kappa shape index (κ2) is 8.43. The minimum Gasteiger partial charge on any atom is -0.396 e. The number of aromatic nitrogens is 2. The summed E-state index contributed by atoms with van der Waals surface area (Å²) in [4.78, 5) is 13.6. The minimum absolute atomic E-state index is 0.233. The first-order chi connectivity index (χ1) is 12.1. The van der Waals surface area contributed by atoms with Crippen LogP contribution in [0, 0.1) is 17.8 Å². The maximum absolute atomic E-state index is 9.88. The minimum atomic E-state index is 0.233. The Kier molecular flexibility index (Phi) is 6.25. The van der Waals surface area contributed by atoms with E-state index >= 15 is 0 Å². The van der Waals surface area contributed by atoms with E-state index in [1.165, 1.54) is 5.56 Å². The lowest BCUT2D eigenvalue weighted by molar-refractivity contribution is 0.106. The van der Waals surface area contributed by atoms with Crippen LogP contribution in [-0.2, 0) is 0 Å². The molecule has 1 aromatic heterocycles. The van der Waals surface area contributed by atoms with Crippen molar-refractivity contribution < 1.29 is 10.2 Å². The van der Waals surface area contributed by atoms with Crippen LogP contribution in [0.2, 0.25) is 0 Å². The number of piperidine rings is 1. The fourth-order valence-electron chi connectivity index (χ4n) is 4.21. The van der Waals surface area contributed by atoms with Gasteiger partial charge < -0.3 is 20.0 Å². The van der Waals surface area contributed by atoms with Gasteiger partial charge in [-0.25, -0.2) is 9.97 Å². The second-order valence-electron chi connectivity index (χ2n) is 7.99. The highest BCUT2D eigenvalue weighted by Crippen LogP contribution is 2.32. The topological polar surface area (TPSA) is 72.7 Å². The number of anilines is 1. The fourth-order valence-corrected chi connectivity index (χ4v) is 4.21. The zero-order chi connectivity index (χ0) is 17.8. The Balaban J connectivity index is 1.65. The molecule has 6 nitrogen and oxygen atoms in total. The summed E-state index contributed by atoms with van der Waals surface area (Å²) in [5.74, 6) is 2.65. The van der Waals surface area contributed by atoms with Crippen LogP contribution in [0.5, 0.6) is 0 Å². The van der Waals surface area contributed by atoms with Gasteiger partial charge in [0.1, 0.15) is 12.1 Å². The smallest absolute Gasteiger partial charge is 0.135 e. The molecular weight excluding hydrogens is 316 g/mol. The molecule has 2 fully saturated rings. The third-order valence-corrected chi connectivity index (χ3v) is 5.91. The van der Waals surface area contributed by atoms with Crippen molar-refractivity contribution in [2.24, 2.45) is 17.8 Å². The van der Waals surface area contributed by atoms with E-state index in [9.17, 15) is 10.2 Å². The summed E-state index contributed by atoms with van der Waals surface area (Å²) >= 11 is 0. The molecule has 0 radical (unpaired) electrons. The molecule has 3 rings (SSSR count). The number of likely N-dealkylation sites (tertiary alicyclic amines) is 1. The summed E-state index contributed by atoms with van der Waals surface area (Å²) in [6.45, 7) is 9.85. The Morgan fingerprint density at radius 3 is 2.48 bits per heavy atom. The quantitative estimate of drug-likeness (QED) is 0.808. The largest absolute Gasteiger partial charge is 0.396 e. The van der Waals surface area contributed by atoms with Crippen molar-refractivity contribution in [1.82, 2.24) is 14.9 Å². The molecule has 25 heavy (non-hydrogen) atoms. The molecule has 2 aliphatic rings. The highest BCUT2D eigenvalue weighted by Gasteiger charge is 2.35. The third kappa shape index (κ3) is 4.30. The van der Waals surface area contributed by atoms with Crippen LogP contribution in [0.15, 0.2) is 12.5 Å². The molecule has 0 aromatic carbocycles. The SMILES string of the molecule is CC(C)c1cncnc1N1C[C@@H](CN2CCC(CO)CC2)[C@@H](CO)C1. The van der Waals surface area contributed by atoms with Crippen LogP contribution in [0.3, 0.4) is 0 Å². The maximum atomic E-state index is 9.88. The summed E-state index contributed by atoms with van der Waals surface area (Å²) in [5, 5.41) is 19.2. The van der Waals surface area contributed by atoms with Gasteiger partial charge in [0.2, 0.25) is 0 Å². The molecule has 2 aliphatic heterocycles. The molecule has 0 unspecified atom stereocenters. The predicted molar refractivity (Wildman–Crippen MR) is 98.6 cm³/mol. The van der Waals surface area contributed by atoms with E-state index in [4.69, 9.17) is 0 Å². The van der Waals surface area contributed by atoms with Crippen LogP contribution in [-0.4, -0.2) is 71.0 Å². The van der Waals surface area contributed by atoms with Crippen molar-refractivity contribution in [3.05, 3.63) is 18.1 Å². The molecule has 2 N–H and O–H groups in total. The molecule has 0 saturated carbocycles. The molecule has 6 heteroatoms. The number of rotatable bonds is 6. The zero-order valence-electron chi connectivity index (χ0n) is 15.5. The fraction of sp³-hybridized carbons (Fsp3) is 0.789. The molecule has 2 atom stereocenters. The van der Waals surface area contributed by atoms with Gasteiger partial charge in [0.05, 0.1) is 0 Å². The molecule has 0 spiro atoms. The number of hydrogen-bond acceptors (Lipinski definition) is 6. The summed E-state index contributed by atoms with van der Waals surface area (Å²) in [7, 11) is 0. The predicted octanol–water partition coefficient (Wildman–Crippen LogP) is 1.35. The lowest BCUT2D eigenvalue weighted by Crippen LogP contribution is -2.40. The number of aliphatic hydroxyl groups excluding tert-OH is 2. The Morgan fingerprint density at radius 1 is 1.12 bits per heavy atom. The van der Waals surface area contributed by atoms with Gasteiger partial charge in [0, 0.05) is 50.5 Å². The van der Waals surface area contributed by atoms with E-state index in [2.05, 4.69) is 33.6 Å².